The summed E-state index contributed by atoms with van der Waals surface area (Å²) in [7, 11) is 0. The van der Waals surface area contributed by atoms with Crippen LogP contribution in [0.3, 0.4) is 0 Å². The number of carbonyl (C=O) groups excluding carboxylic acids is 1. The van der Waals surface area contributed by atoms with Crippen molar-refractivity contribution < 1.29 is 9.18 Å². The number of Topliss-reactive ketones (excluding diaryl/α,β-unsaturated/α-hetero) is 1. The van der Waals surface area contributed by atoms with Crippen LogP contribution in [-0.4, -0.2) is 15.9 Å². The molecule has 0 bridgehead atoms. The highest BCUT2D eigenvalue weighted by atomic mass is 79.9. The molecule has 0 saturated heterocycles. The largest absolute Gasteiger partial charge is 0.293 e. The molecule has 19 heavy (non-hydrogen) atoms. The second-order valence-corrected chi connectivity index (χ2v) is 5.80. The highest BCUT2D eigenvalue weighted by molar-refractivity contribution is 9.12. The highest BCUT2D eigenvalue weighted by Crippen LogP contribution is 2.24. The molecule has 0 aliphatic carbocycles. The monoisotopic (exact) mass is 384 g/mol. The van der Waals surface area contributed by atoms with E-state index < -0.39 is 0 Å². The van der Waals surface area contributed by atoms with E-state index in [1.54, 1.807) is 12.1 Å². The number of carbonyl (C=O) groups is 1. The zero-order valence-corrected chi connectivity index (χ0v) is 13.1. The molecule has 1 nitrogen and oxygen atoms in total. The zero-order valence-electron chi connectivity index (χ0n) is 9.95. The predicted octanol–water partition coefficient (Wildman–Crippen LogP) is 4.83. The van der Waals surface area contributed by atoms with Crippen molar-refractivity contribution in [2.24, 2.45) is 0 Å². The molecule has 0 heterocycles. The molecule has 0 aliphatic heterocycles. The molecule has 1 unspecified atom stereocenters. The van der Waals surface area contributed by atoms with E-state index in [0.29, 0.717) is 16.5 Å². The minimum absolute atomic E-state index is 0.129. The molecule has 2 aromatic rings. The first-order chi connectivity index (χ1) is 9.13. The van der Waals surface area contributed by atoms with E-state index in [9.17, 15) is 9.18 Å². The van der Waals surface area contributed by atoms with Crippen molar-refractivity contribution in [3.05, 3.63) is 59.9 Å². The molecule has 2 aromatic carbocycles. The van der Waals surface area contributed by atoms with Gasteiger partial charge < -0.3 is 0 Å². The number of halogens is 3. The Labute approximate surface area is 128 Å². The molecular formula is C15H11Br2FO. The van der Waals surface area contributed by atoms with E-state index >= 15 is 0 Å². The lowest BCUT2D eigenvalue weighted by Gasteiger charge is -2.08. The Bertz CT molecular complexity index is 584. The molecule has 0 aromatic heterocycles. The average molecular weight is 386 g/mol. The Balaban J connectivity index is 2.35. The summed E-state index contributed by atoms with van der Waals surface area (Å²) in [5, 5.41) is 0.494. The molecule has 1 atom stereocenters. The van der Waals surface area contributed by atoms with Crippen molar-refractivity contribution >= 4 is 37.6 Å². The van der Waals surface area contributed by atoms with Crippen LogP contribution in [0.15, 0.2) is 48.5 Å². The van der Waals surface area contributed by atoms with Crippen LogP contribution < -0.4 is 0 Å². The maximum Gasteiger partial charge on any atom is 0.177 e. The van der Waals surface area contributed by atoms with E-state index in [2.05, 4.69) is 31.9 Å². The smallest absolute Gasteiger partial charge is 0.177 e. The van der Waals surface area contributed by atoms with Gasteiger partial charge in [-0.1, -0.05) is 74.3 Å². The third-order valence-electron chi connectivity index (χ3n) is 2.76. The molecule has 0 fully saturated rings. The minimum Gasteiger partial charge on any atom is -0.293 e. The topological polar surface area (TPSA) is 17.1 Å². The second-order valence-electron chi connectivity index (χ2n) is 4.05. The van der Waals surface area contributed by atoms with Crippen LogP contribution in [0.25, 0.3) is 11.1 Å². The molecule has 98 valence electrons. The Kier molecular flexibility index (Phi) is 4.88. The van der Waals surface area contributed by atoms with Crippen LogP contribution in [-0.2, 0) is 0 Å². The first-order valence-corrected chi connectivity index (χ1v) is 7.76. The fraction of sp³-hybridized carbons (Fsp3) is 0.133. The number of alkyl halides is 2. The maximum absolute atomic E-state index is 14.1. The summed E-state index contributed by atoms with van der Waals surface area (Å²) in [6.45, 7) is 0. The van der Waals surface area contributed by atoms with Gasteiger partial charge in [-0.15, -0.1) is 0 Å². The van der Waals surface area contributed by atoms with Gasteiger partial charge in [0.05, 0.1) is 4.83 Å². The summed E-state index contributed by atoms with van der Waals surface area (Å²) in [6, 6.07) is 13.9. The van der Waals surface area contributed by atoms with Crippen molar-refractivity contribution in [3.8, 4) is 11.1 Å². The second kappa shape index (κ2) is 6.44. The number of ketones is 1. The van der Waals surface area contributed by atoms with Crippen molar-refractivity contribution in [2.45, 2.75) is 4.83 Å². The summed E-state index contributed by atoms with van der Waals surface area (Å²) in [4.78, 5) is 11.6. The van der Waals surface area contributed by atoms with Crippen LogP contribution >= 0.6 is 31.9 Å². The van der Waals surface area contributed by atoms with Crippen molar-refractivity contribution in [3.63, 3.8) is 0 Å². The van der Waals surface area contributed by atoms with Gasteiger partial charge in [-0.3, -0.25) is 4.79 Å². The van der Waals surface area contributed by atoms with E-state index in [1.807, 2.05) is 30.3 Å². The lowest BCUT2D eigenvalue weighted by Crippen LogP contribution is -2.15. The van der Waals surface area contributed by atoms with Gasteiger partial charge in [0, 0.05) is 16.5 Å². The SMILES string of the molecule is O=C(c1ccc(-c2ccccc2)c(F)c1)C(Br)CBr. The zero-order chi connectivity index (χ0) is 13.8. The average Bonchev–Trinajstić information content (AvgIpc) is 2.46. The quantitative estimate of drug-likeness (QED) is 0.544. The van der Waals surface area contributed by atoms with E-state index in [0.717, 1.165) is 5.56 Å². The standard InChI is InChI=1S/C15H11Br2FO/c16-9-13(17)15(19)11-6-7-12(14(18)8-11)10-4-2-1-3-5-10/h1-8,13H,9H2. The molecule has 2 rings (SSSR count). The normalized spacial score (nSPS) is 12.2. The Morgan fingerprint density at radius 1 is 1.16 bits per heavy atom. The third-order valence-corrected chi connectivity index (χ3v) is 5.01. The summed E-state index contributed by atoms with van der Waals surface area (Å²) in [5.41, 5.74) is 1.68. The number of rotatable bonds is 4. The summed E-state index contributed by atoms with van der Waals surface area (Å²) in [5.74, 6) is -0.512. The Morgan fingerprint density at radius 3 is 2.42 bits per heavy atom. The van der Waals surface area contributed by atoms with Gasteiger partial charge in [0.2, 0.25) is 0 Å². The summed E-state index contributed by atoms with van der Waals surface area (Å²) >= 11 is 6.47. The van der Waals surface area contributed by atoms with Crippen LogP contribution in [0.1, 0.15) is 10.4 Å². The molecule has 0 N–H and O–H groups in total. The van der Waals surface area contributed by atoms with Crippen LogP contribution in [0.5, 0.6) is 0 Å². The van der Waals surface area contributed by atoms with Gasteiger partial charge in [0.1, 0.15) is 5.82 Å². The molecule has 4 heteroatoms. The van der Waals surface area contributed by atoms with Gasteiger partial charge in [-0.05, 0) is 11.6 Å². The third kappa shape index (κ3) is 3.31. The first kappa shape index (κ1) is 14.4. The predicted molar refractivity (Wildman–Crippen MR) is 82.7 cm³/mol. The van der Waals surface area contributed by atoms with Crippen molar-refractivity contribution in [1.29, 1.82) is 0 Å². The van der Waals surface area contributed by atoms with Gasteiger partial charge in [0.15, 0.2) is 5.78 Å². The van der Waals surface area contributed by atoms with Crippen molar-refractivity contribution in [2.75, 3.05) is 5.33 Å². The van der Waals surface area contributed by atoms with Gasteiger partial charge in [-0.2, -0.15) is 0 Å². The molecule has 0 radical (unpaired) electrons. The van der Waals surface area contributed by atoms with Gasteiger partial charge >= 0.3 is 0 Å². The number of hydrogen-bond acceptors (Lipinski definition) is 1. The Hall–Kier alpha value is -1.00. The fourth-order valence-electron chi connectivity index (χ4n) is 1.77. The number of benzene rings is 2. The maximum atomic E-state index is 14.1. The van der Waals surface area contributed by atoms with Crippen molar-refractivity contribution in [1.82, 2.24) is 0 Å². The van der Waals surface area contributed by atoms with Crippen LogP contribution in [0.2, 0.25) is 0 Å². The summed E-state index contributed by atoms with van der Waals surface area (Å²) in [6.07, 6.45) is 0. The van der Waals surface area contributed by atoms with Gasteiger partial charge in [0.25, 0.3) is 0 Å². The minimum atomic E-state index is -0.383. The molecule has 0 saturated carbocycles. The van der Waals surface area contributed by atoms with E-state index in [4.69, 9.17) is 0 Å². The molecular weight excluding hydrogens is 375 g/mol. The lowest BCUT2D eigenvalue weighted by atomic mass is 10.0. The molecule has 0 aliphatic rings. The van der Waals surface area contributed by atoms with E-state index in [-0.39, 0.29) is 16.4 Å². The highest BCUT2D eigenvalue weighted by Gasteiger charge is 2.17. The lowest BCUT2D eigenvalue weighted by molar-refractivity contribution is 0.0997. The first-order valence-electron chi connectivity index (χ1n) is 5.72. The van der Waals surface area contributed by atoms with Crippen LogP contribution in [0.4, 0.5) is 4.39 Å². The fourth-order valence-corrected chi connectivity index (χ4v) is 2.33. The number of hydrogen-bond donors (Lipinski definition) is 0. The Morgan fingerprint density at radius 2 is 1.84 bits per heavy atom. The van der Waals surface area contributed by atoms with E-state index in [1.165, 1.54) is 6.07 Å². The molecule has 0 amide bonds. The molecule has 0 spiro atoms. The summed E-state index contributed by atoms with van der Waals surface area (Å²) < 4.78 is 14.1. The van der Waals surface area contributed by atoms with Crippen LogP contribution in [0, 0.1) is 5.82 Å². The van der Waals surface area contributed by atoms with Gasteiger partial charge in [-0.25, -0.2) is 4.39 Å².